The molecule has 1 unspecified atom stereocenters. The number of nitrogens with zero attached hydrogens (tertiary/aromatic N) is 1. The predicted octanol–water partition coefficient (Wildman–Crippen LogP) is 4.26. The Labute approximate surface area is 202 Å². The first kappa shape index (κ1) is 24.6. The molecule has 0 spiro atoms. The van der Waals surface area contributed by atoms with Crippen LogP contribution in [0.1, 0.15) is 44.2 Å². The largest absolute Gasteiger partial charge is 0.480 e. The number of likely N-dealkylation sites (tertiary alicyclic amines) is 1. The number of amides is 2. The van der Waals surface area contributed by atoms with Gasteiger partial charge in [0.15, 0.2) is 0 Å². The molecule has 2 amide bonds. The molecule has 1 heterocycles. The van der Waals surface area contributed by atoms with Gasteiger partial charge in [0.05, 0.1) is 6.54 Å². The minimum absolute atomic E-state index is 0.0183. The van der Waals surface area contributed by atoms with Crippen LogP contribution in [0, 0.1) is 5.41 Å². The number of carboxylic acid groups (broad SMARTS) is 1. The van der Waals surface area contributed by atoms with Gasteiger partial charge in [0.1, 0.15) is 18.7 Å². The number of fused-ring (bicyclic) bond motifs is 3. The monoisotopic (exact) mass is 486 g/mol. The highest BCUT2D eigenvalue weighted by Crippen LogP contribution is 2.44. The number of aliphatic carboxylic acids is 1. The molecule has 2 aromatic rings. The fourth-order valence-corrected chi connectivity index (χ4v) is 4.84. The Kier molecular flexibility index (Phi) is 6.29. The zero-order valence-corrected chi connectivity index (χ0v) is 19.8. The molecule has 1 aliphatic heterocycles. The number of nitrogens with one attached hydrogen (secondary N) is 1. The first-order valence-electron chi connectivity index (χ1n) is 11.4. The Morgan fingerprint density at radius 3 is 2.14 bits per heavy atom. The van der Waals surface area contributed by atoms with Gasteiger partial charge < -0.3 is 20.1 Å². The topological polar surface area (TPSA) is 95.9 Å². The molecule has 1 aliphatic carbocycles. The van der Waals surface area contributed by atoms with Gasteiger partial charge in [0.2, 0.25) is 5.91 Å². The van der Waals surface area contributed by atoms with Gasteiger partial charge >= 0.3 is 12.1 Å². The number of hydrogen-bond acceptors (Lipinski definition) is 4. The van der Waals surface area contributed by atoms with Gasteiger partial charge in [-0.2, -0.15) is 0 Å². The van der Waals surface area contributed by atoms with Crippen molar-refractivity contribution in [3.05, 3.63) is 59.7 Å². The van der Waals surface area contributed by atoms with Crippen molar-refractivity contribution in [2.24, 2.45) is 5.41 Å². The zero-order chi connectivity index (χ0) is 25.5. The summed E-state index contributed by atoms with van der Waals surface area (Å²) >= 11 is 0. The first-order valence-corrected chi connectivity index (χ1v) is 11.4. The molecule has 2 aromatic carbocycles. The van der Waals surface area contributed by atoms with Crippen LogP contribution in [0.3, 0.4) is 0 Å². The molecule has 7 nitrogen and oxygen atoms in total. The van der Waals surface area contributed by atoms with E-state index in [1.54, 1.807) is 20.8 Å². The van der Waals surface area contributed by atoms with E-state index >= 15 is 0 Å². The van der Waals surface area contributed by atoms with E-state index in [1.165, 1.54) is 0 Å². The maximum absolute atomic E-state index is 14.0. The van der Waals surface area contributed by atoms with Crippen molar-refractivity contribution in [2.75, 3.05) is 13.2 Å². The van der Waals surface area contributed by atoms with E-state index in [2.05, 4.69) is 5.32 Å². The number of benzene rings is 2. The van der Waals surface area contributed by atoms with Crippen LogP contribution in [0.15, 0.2) is 48.5 Å². The van der Waals surface area contributed by atoms with Gasteiger partial charge in [-0.3, -0.25) is 4.79 Å². The Bertz CT molecular complexity index is 1110. The molecule has 2 N–H and O–H groups in total. The van der Waals surface area contributed by atoms with E-state index in [0.717, 1.165) is 22.3 Å². The number of ether oxygens (including phenoxy) is 1. The summed E-state index contributed by atoms with van der Waals surface area (Å²) in [6.07, 6.45) is -1.84. The van der Waals surface area contributed by atoms with E-state index in [1.807, 2.05) is 48.5 Å². The van der Waals surface area contributed by atoms with Crippen LogP contribution in [-0.2, 0) is 14.3 Å². The van der Waals surface area contributed by atoms with Crippen molar-refractivity contribution in [3.63, 3.8) is 0 Å². The minimum Gasteiger partial charge on any atom is -0.480 e. The molecular weight excluding hydrogens is 458 g/mol. The van der Waals surface area contributed by atoms with Gasteiger partial charge in [-0.25, -0.2) is 18.4 Å². The van der Waals surface area contributed by atoms with Crippen molar-refractivity contribution < 1.29 is 33.0 Å². The SMILES string of the molecule is CC(C)(C)C(NC(=O)OCC1c2ccccc2-c2ccccc21)C(=O)N1CC(F)(F)C[C@H]1C(=O)O. The lowest BCUT2D eigenvalue weighted by molar-refractivity contribution is -0.150. The van der Waals surface area contributed by atoms with Crippen LogP contribution in [0.4, 0.5) is 13.6 Å². The summed E-state index contributed by atoms with van der Waals surface area (Å²) in [5, 5.41) is 11.9. The highest BCUT2D eigenvalue weighted by Gasteiger charge is 2.52. The van der Waals surface area contributed by atoms with Crippen LogP contribution in [0.2, 0.25) is 0 Å². The highest BCUT2D eigenvalue weighted by atomic mass is 19.3. The lowest BCUT2D eigenvalue weighted by Gasteiger charge is -2.34. The molecular formula is C26H28F2N2O5. The Morgan fingerprint density at radius 1 is 1.09 bits per heavy atom. The van der Waals surface area contributed by atoms with Crippen LogP contribution in [-0.4, -0.2) is 59.1 Å². The molecule has 0 aromatic heterocycles. The number of rotatable bonds is 5. The predicted molar refractivity (Wildman–Crippen MR) is 124 cm³/mol. The van der Waals surface area contributed by atoms with Crippen molar-refractivity contribution in [2.45, 2.75) is 51.1 Å². The van der Waals surface area contributed by atoms with E-state index < -0.39 is 54.4 Å². The molecule has 4 rings (SSSR count). The molecule has 9 heteroatoms. The molecule has 0 bridgehead atoms. The second-order valence-electron chi connectivity index (χ2n) is 10.1. The van der Waals surface area contributed by atoms with E-state index in [9.17, 15) is 28.3 Å². The molecule has 0 radical (unpaired) electrons. The van der Waals surface area contributed by atoms with Crippen molar-refractivity contribution in [1.82, 2.24) is 10.2 Å². The second-order valence-corrected chi connectivity index (χ2v) is 10.1. The molecule has 186 valence electrons. The molecule has 2 aliphatic rings. The minimum atomic E-state index is -3.31. The summed E-state index contributed by atoms with van der Waals surface area (Å²) in [5.74, 6) is -5.89. The molecule has 1 saturated heterocycles. The second kappa shape index (κ2) is 8.94. The van der Waals surface area contributed by atoms with Crippen LogP contribution >= 0.6 is 0 Å². The Hall–Kier alpha value is -3.49. The van der Waals surface area contributed by atoms with Gasteiger partial charge in [0.25, 0.3) is 5.92 Å². The lowest BCUT2D eigenvalue weighted by atomic mass is 9.85. The highest BCUT2D eigenvalue weighted by molar-refractivity contribution is 5.90. The molecule has 1 fully saturated rings. The van der Waals surface area contributed by atoms with Crippen LogP contribution in [0.5, 0.6) is 0 Å². The molecule has 35 heavy (non-hydrogen) atoms. The van der Waals surface area contributed by atoms with E-state index in [-0.39, 0.29) is 12.5 Å². The van der Waals surface area contributed by atoms with Crippen molar-refractivity contribution >= 4 is 18.0 Å². The fourth-order valence-electron chi connectivity index (χ4n) is 4.84. The smallest absolute Gasteiger partial charge is 0.407 e. The fraction of sp³-hybridized carbons (Fsp3) is 0.423. The van der Waals surface area contributed by atoms with Gasteiger partial charge in [-0.05, 0) is 27.7 Å². The summed E-state index contributed by atoms with van der Waals surface area (Å²) in [6.45, 7) is 3.97. The number of alkyl carbamates (subject to hydrolysis) is 1. The first-order chi connectivity index (χ1) is 16.4. The van der Waals surface area contributed by atoms with Crippen LogP contribution in [0.25, 0.3) is 11.1 Å². The lowest BCUT2D eigenvalue weighted by Crippen LogP contribution is -2.57. The van der Waals surface area contributed by atoms with Gasteiger partial charge in [0, 0.05) is 12.3 Å². The van der Waals surface area contributed by atoms with Crippen molar-refractivity contribution in [1.29, 1.82) is 0 Å². The number of hydrogen-bond donors (Lipinski definition) is 2. The zero-order valence-electron chi connectivity index (χ0n) is 19.8. The normalized spacial score (nSPS) is 19.6. The average Bonchev–Trinajstić information content (AvgIpc) is 3.29. The summed E-state index contributed by atoms with van der Waals surface area (Å²) in [7, 11) is 0. The number of carbonyl (C=O) groups is 3. The van der Waals surface area contributed by atoms with E-state index in [0.29, 0.717) is 4.90 Å². The van der Waals surface area contributed by atoms with Crippen LogP contribution < -0.4 is 5.32 Å². The number of halogens is 2. The standard InChI is InChI=1S/C26H28F2N2O5/c1-25(2,3)21(22(31)30-14-26(27,28)12-20(30)23(32)33)29-24(34)35-13-19-17-10-6-4-8-15(17)16-9-5-7-11-18(16)19/h4-11,19-21H,12-14H2,1-3H3,(H,29,34)(H,32,33)/t20-,21?/m0/s1. The quantitative estimate of drug-likeness (QED) is 0.659. The number of carboxylic acids is 1. The third-order valence-corrected chi connectivity index (χ3v) is 6.56. The average molecular weight is 487 g/mol. The third-order valence-electron chi connectivity index (χ3n) is 6.56. The summed E-state index contributed by atoms with van der Waals surface area (Å²) < 4.78 is 33.4. The molecule has 0 saturated carbocycles. The Morgan fingerprint density at radius 2 is 1.63 bits per heavy atom. The summed E-state index contributed by atoms with van der Waals surface area (Å²) in [5.41, 5.74) is 3.29. The number of carbonyl (C=O) groups excluding carboxylic acids is 2. The third kappa shape index (κ3) is 4.85. The maximum Gasteiger partial charge on any atom is 0.407 e. The van der Waals surface area contributed by atoms with Gasteiger partial charge in [-0.15, -0.1) is 0 Å². The molecule has 2 atom stereocenters. The van der Waals surface area contributed by atoms with Crippen molar-refractivity contribution in [3.8, 4) is 11.1 Å². The van der Waals surface area contributed by atoms with Gasteiger partial charge in [-0.1, -0.05) is 69.3 Å². The summed E-state index contributed by atoms with van der Waals surface area (Å²) in [4.78, 5) is 38.1. The summed E-state index contributed by atoms with van der Waals surface area (Å²) in [6, 6.07) is 12.8. The van der Waals surface area contributed by atoms with E-state index in [4.69, 9.17) is 4.74 Å². The maximum atomic E-state index is 14.0. The number of alkyl halides is 2. The Balaban J connectivity index is 1.49.